The van der Waals surface area contributed by atoms with Gasteiger partial charge in [-0.1, -0.05) is 19.3 Å². The Bertz CT molecular complexity index is 468. The van der Waals surface area contributed by atoms with Crippen LogP contribution in [0, 0.1) is 12.7 Å². The van der Waals surface area contributed by atoms with Gasteiger partial charge in [-0.15, -0.1) is 0 Å². The van der Waals surface area contributed by atoms with Gasteiger partial charge in [-0.2, -0.15) is 0 Å². The van der Waals surface area contributed by atoms with Crippen molar-refractivity contribution in [3.8, 4) is 11.5 Å². The Hall–Kier alpha value is -1.29. The minimum absolute atomic E-state index is 0.151. The molecule has 1 fully saturated rings. The van der Waals surface area contributed by atoms with E-state index in [1.807, 2.05) is 6.92 Å². The monoisotopic (exact) mass is 267 g/mol. The Morgan fingerprint density at radius 2 is 1.68 bits per heavy atom. The molecule has 0 aliphatic heterocycles. The minimum Gasteiger partial charge on any atom is -0.492 e. The summed E-state index contributed by atoms with van der Waals surface area (Å²) in [6, 6.07) is 1.49. The van der Waals surface area contributed by atoms with Gasteiger partial charge in [0.2, 0.25) is 0 Å². The molecule has 1 saturated carbocycles. The average molecular weight is 267 g/mol. The number of ether oxygens (including phenoxy) is 2. The van der Waals surface area contributed by atoms with Crippen LogP contribution in [0.5, 0.6) is 11.5 Å². The number of hydrogen-bond acceptors (Lipinski definition) is 3. The van der Waals surface area contributed by atoms with Gasteiger partial charge in [0, 0.05) is 11.1 Å². The first kappa shape index (κ1) is 14.1. The molecule has 2 N–H and O–H groups in total. The van der Waals surface area contributed by atoms with Crippen LogP contribution in [0.2, 0.25) is 0 Å². The fourth-order valence-electron chi connectivity index (χ4n) is 3.17. The van der Waals surface area contributed by atoms with Gasteiger partial charge in [0.15, 0.2) is 17.3 Å². The second-order valence-electron chi connectivity index (χ2n) is 5.33. The number of methoxy groups -OCH3 is 2. The highest BCUT2D eigenvalue weighted by Gasteiger charge is 2.35. The lowest BCUT2D eigenvalue weighted by molar-refractivity contribution is 0.277. The summed E-state index contributed by atoms with van der Waals surface area (Å²) in [5, 5.41) is 0. The van der Waals surface area contributed by atoms with Gasteiger partial charge in [0.25, 0.3) is 0 Å². The number of aryl methyl sites for hydroxylation is 1. The second kappa shape index (κ2) is 5.37. The maximum atomic E-state index is 13.9. The van der Waals surface area contributed by atoms with Crippen LogP contribution in [0.25, 0.3) is 0 Å². The lowest BCUT2D eigenvalue weighted by Crippen LogP contribution is -2.39. The Morgan fingerprint density at radius 1 is 1.11 bits per heavy atom. The summed E-state index contributed by atoms with van der Waals surface area (Å²) in [6.07, 6.45) is 5.20. The molecular weight excluding hydrogens is 245 g/mol. The van der Waals surface area contributed by atoms with Crippen LogP contribution in [0.4, 0.5) is 4.39 Å². The normalized spacial score (nSPS) is 18.2. The molecule has 0 amide bonds. The van der Waals surface area contributed by atoms with Gasteiger partial charge < -0.3 is 15.2 Å². The zero-order valence-corrected chi connectivity index (χ0v) is 11.9. The molecule has 1 aromatic carbocycles. The maximum absolute atomic E-state index is 13.9. The number of rotatable bonds is 3. The molecule has 0 unspecified atom stereocenters. The molecule has 0 spiro atoms. The molecular formula is C15H22FNO2. The van der Waals surface area contributed by atoms with Gasteiger partial charge >= 0.3 is 0 Å². The Morgan fingerprint density at radius 3 is 2.21 bits per heavy atom. The second-order valence-corrected chi connectivity index (χ2v) is 5.33. The van der Waals surface area contributed by atoms with Gasteiger partial charge in [-0.05, 0) is 31.4 Å². The predicted octanol–water partition coefficient (Wildman–Crippen LogP) is 3.27. The van der Waals surface area contributed by atoms with Gasteiger partial charge in [-0.25, -0.2) is 4.39 Å². The summed E-state index contributed by atoms with van der Waals surface area (Å²) in [4.78, 5) is 0. The molecule has 1 aliphatic rings. The van der Waals surface area contributed by atoms with E-state index >= 15 is 0 Å². The Kier molecular flexibility index (Phi) is 3.99. The standard InChI is InChI=1S/C15H22FNO2/c1-10-9-11(16)13(18-2)14(19-3)12(10)15(17)7-5-4-6-8-15/h9H,4-8,17H2,1-3H3. The lowest BCUT2D eigenvalue weighted by atomic mass is 9.75. The molecule has 0 atom stereocenters. The largest absolute Gasteiger partial charge is 0.492 e. The molecule has 0 saturated heterocycles. The number of nitrogens with two attached hydrogens (primary N) is 1. The van der Waals surface area contributed by atoms with Crippen LogP contribution < -0.4 is 15.2 Å². The fraction of sp³-hybridized carbons (Fsp3) is 0.600. The summed E-state index contributed by atoms with van der Waals surface area (Å²) in [5.74, 6) is 0.197. The third-order valence-electron chi connectivity index (χ3n) is 4.04. The molecule has 2 rings (SSSR count). The first-order valence-electron chi connectivity index (χ1n) is 6.74. The van der Waals surface area contributed by atoms with Crippen LogP contribution in [0.3, 0.4) is 0 Å². The summed E-state index contributed by atoms with van der Waals surface area (Å²) in [5.41, 5.74) is 7.87. The van der Waals surface area contributed by atoms with E-state index in [0.717, 1.165) is 36.8 Å². The van der Waals surface area contributed by atoms with Gasteiger partial charge in [0.05, 0.1) is 14.2 Å². The Labute approximate surface area is 113 Å². The first-order valence-corrected chi connectivity index (χ1v) is 6.74. The maximum Gasteiger partial charge on any atom is 0.197 e. The third kappa shape index (κ3) is 2.41. The predicted molar refractivity (Wildman–Crippen MR) is 73.2 cm³/mol. The zero-order chi connectivity index (χ0) is 14.0. The van der Waals surface area contributed by atoms with Crippen molar-refractivity contribution in [2.75, 3.05) is 14.2 Å². The number of benzene rings is 1. The smallest absolute Gasteiger partial charge is 0.197 e. The third-order valence-corrected chi connectivity index (χ3v) is 4.04. The molecule has 4 heteroatoms. The fourth-order valence-corrected chi connectivity index (χ4v) is 3.17. The van der Waals surface area contributed by atoms with E-state index in [-0.39, 0.29) is 5.75 Å². The average Bonchev–Trinajstić information content (AvgIpc) is 2.38. The highest BCUT2D eigenvalue weighted by atomic mass is 19.1. The molecule has 0 radical (unpaired) electrons. The molecule has 19 heavy (non-hydrogen) atoms. The molecule has 106 valence electrons. The zero-order valence-electron chi connectivity index (χ0n) is 11.9. The number of hydrogen-bond donors (Lipinski definition) is 1. The topological polar surface area (TPSA) is 44.5 Å². The summed E-state index contributed by atoms with van der Waals surface area (Å²) in [7, 11) is 2.98. The van der Waals surface area contributed by atoms with Crippen LogP contribution in [-0.2, 0) is 5.54 Å². The van der Waals surface area contributed by atoms with Crippen molar-refractivity contribution in [2.45, 2.75) is 44.6 Å². The van der Waals surface area contributed by atoms with Crippen molar-refractivity contribution < 1.29 is 13.9 Å². The van der Waals surface area contributed by atoms with Crippen molar-refractivity contribution in [3.05, 3.63) is 23.0 Å². The SMILES string of the molecule is COc1c(F)cc(C)c(C2(N)CCCCC2)c1OC. The van der Waals surface area contributed by atoms with Crippen molar-refractivity contribution in [3.63, 3.8) is 0 Å². The van der Waals surface area contributed by atoms with Crippen LogP contribution in [-0.4, -0.2) is 14.2 Å². The Balaban J connectivity index is 2.61. The van der Waals surface area contributed by atoms with Gasteiger partial charge in [0.1, 0.15) is 0 Å². The summed E-state index contributed by atoms with van der Waals surface area (Å²) < 4.78 is 24.5. The van der Waals surface area contributed by atoms with E-state index in [2.05, 4.69) is 0 Å². The van der Waals surface area contributed by atoms with E-state index in [1.54, 1.807) is 0 Å². The highest BCUT2D eigenvalue weighted by molar-refractivity contribution is 5.54. The van der Waals surface area contributed by atoms with E-state index < -0.39 is 11.4 Å². The molecule has 0 bridgehead atoms. The van der Waals surface area contributed by atoms with Crippen LogP contribution >= 0.6 is 0 Å². The lowest BCUT2D eigenvalue weighted by Gasteiger charge is -2.36. The number of halogens is 1. The molecule has 0 heterocycles. The van der Waals surface area contributed by atoms with E-state index in [4.69, 9.17) is 15.2 Å². The van der Waals surface area contributed by atoms with Crippen molar-refractivity contribution in [1.82, 2.24) is 0 Å². The molecule has 0 aromatic heterocycles. The van der Waals surface area contributed by atoms with E-state index in [1.165, 1.54) is 26.7 Å². The van der Waals surface area contributed by atoms with Crippen molar-refractivity contribution >= 4 is 0 Å². The van der Waals surface area contributed by atoms with E-state index in [9.17, 15) is 4.39 Å². The minimum atomic E-state index is -0.436. The first-order chi connectivity index (χ1) is 9.03. The summed E-state index contributed by atoms with van der Waals surface area (Å²) in [6.45, 7) is 1.88. The molecule has 1 aliphatic carbocycles. The van der Waals surface area contributed by atoms with Crippen LogP contribution in [0.1, 0.15) is 43.2 Å². The van der Waals surface area contributed by atoms with Gasteiger partial charge in [-0.3, -0.25) is 0 Å². The molecule has 3 nitrogen and oxygen atoms in total. The van der Waals surface area contributed by atoms with Crippen molar-refractivity contribution in [1.29, 1.82) is 0 Å². The van der Waals surface area contributed by atoms with E-state index in [0.29, 0.717) is 5.75 Å². The molecule has 1 aromatic rings. The quantitative estimate of drug-likeness (QED) is 0.914. The van der Waals surface area contributed by atoms with Crippen molar-refractivity contribution in [2.24, 2.45) is 5.73 Å². The summed E-state index contributed by atoms with van der Waals surface area (Å²) >= 11 is 0. The highest BCUT2D eigenvalue weighted by Crippen LogP contribution is 2.45. The van der Waals surface area contributed by atoms with Crippen LogP contribution in [0.15, 0.2) is 6.07 Å².